The Morgan fingerprint density at radius 3 is 2.60 bits per heavy atom. The standard InChI is InChI=1S/C16H20N4/c1-13-6-5-10-19-15(13)12-20(11-9-16(17)18)14-7-3-2-4-8-14/h2-8,10H,9,11-12H2,1H3,(H3,17,18). The minimum absolute atomic E-state index is 0.212. The molecule has 0 aliphatic rings. The van der Waals surface area contributed by atoms with Gasteiger partial charge in [0.1, 0.15) is 0 Å². The quantitative estimate of drug-likeness (QED) is 0.625. The van der Waals surface area contributed by atoms with Gasteiger partial charge in [-0.2, -0.15) is 0 Å². The molecular formula is C16H20N4. The summed E-state index contributed by atoms with van der Waals surface area (Å²) in [5.41, 5.74) is 8.84. The molecule has 0 fully saturated rings. The highest BCUT2D eigenvalue weighted by Gasteiger charge is 2.10. The van der Waals surface area contributed by atoms with Gasteiger partial charge in [0, 0.05) is 24.8 Å². The molecule has 1 aromatic carbocycles. The second kappa shape index (κ2) is 6.70. The molecule has 0 spiro atoms. The number of nitrogens with two attached hydrogens (primary N) is 1. The number of amidine groups is 1. The molecule has 0 saturated carbocycles. The van der Waals surface area contributed by atoms with Gasteiger partial charge in [-0.3, -0.25) is 10.4 Å². The van der Waals surface area contributed by atoms with Crippen molar-refractivity contribution in [3.05, 3.63) is 59.9 Å². The first kappa shape index (κ1) is 14.1. The van der Waals surface area contributed by atoms with E-state index in [0.717, 1.165) is 24.5 Å². The molecule has 20 heavy (non-hydrogen) atoms. The number of anilines is 1. The van der Waals surface area contributed by atoms with Crippen molar-refractivity contribution in [2.45, 2.75) is 19.9 Å². The molecule has 0 aliphatic heterocycles. The predicted molar refractivity (Wildman–Crippen MR) is 83.0 cm³/mol. The normalized spacial score (nSPS) is 10.2. The van der Waals surface area contributed by atoms with Gasteiger partial charge in [-0.15, -0.1) is 0 Å². The molecule has 104 valence electrons. The van der Waals surface area contributed by atoms with Crippen molar-refractivity contribution in [2.75, 3.05) is 11.4 Å². The zero-order valence-electron chi connectivity index (χ0n) is 11.7. The summed E-state index contributed by atoms with van der Waals surface area (Å²) < 4.78 is 0. The van der Waals surface area contributed by atoms with Gasteiger partial charge in [-0.25, -0.2) is 0 Å². The number of nitrogens with zero attached hydrogens (tertiary/aromatic N) is 2. The lowest BCUT2D eigenvalue weighted by Gasteiger charge is -2.25. The number of aryl methyl sites for hydroxylation is 1. The molecule has 0 atom stereocenters. The maximum absolute atomic E-state index is 7.41. The molecule has 2 aromatic rings. The number of benzene rings is 1. The molecule has 0 unspecified atom stereocenters. The van der Waals surface area contributed by atoms with Crippen molar-refractivity contribution in [2.24, 2.45) is 5.73 Å². The Bertz CT molecular complexity index is 566. The van der Waals surface area contributed by atoms with Crippen LogP contribution in [0.15, 0.2) is 48.7 Å². The van der Waals surface area contributed by atoms with Crippen LogP contribution in [0.25, 0.3) is 0 Å². The van der Waals surface area contributed by atoms with Crippen LogP contribution in [0.3, 0.4) is 0 Å². The van der Waals surface area contributed by atoms with Crippen LogP contribution >= 0.6 is 0 Å². The van der Waals surface area contributed by atoms with E-state index in [1.807, 2.05) is 30.5 Å². The highest BCUT2D eigenvalue weighted by molar-refractivity contribution is 5.77. The molecule has 4 heteroatoms. The lowest BCUT2D eigenvalue weighted by molar-refractivity contribution is 0.779. The Labute approximate surface area is 119 Å². The van der Waals surface area contributed by atoms with E-state index in [2.05, 4.69) is 35.0 Å². The van der Waals surface area contributed by atoms with Crippen molar-refractivity contribution < 1.29 is 0 Å². The number of para-hydroxylation sites is 1. The third-order valence-electron chi connectivity index (χ3n) is 3.23. The fourth-order valence-electron chi connectivity index (χ4n) is 2.06. The molecule has 0 aliphatic carbocycles. The van der Waals surface area contributed by atoms with Crippen molar-refractivity contribution in [3.8, 4) is 0 Å². The molecular weight excluding hydrogens is 248 g/mol. The maximum Gasteiger partial charge on any atom is 0.0923 e. The minimum atomic E-state index is 0.212. The summed E-state index contributed by atoms with van der Waals surface area (Å²) in [6.45, 7) is 3.51. The van der Waals surface area contributed by atoms with Crippen molar-refractivity contribution in [1.82, 2.24) is 4.98 Å². The Hall–Kier alpha value is -2.36. The first-order valence-corrected chi connectivity index (χ1v) is 6.70. The minimum Gasteiger partial charge on any atom is -0.388 e. The summed E-state index contributed by atoms with van der Waals surface area (Å²) in [5, 5.41) is 7.41. The number of aromatic nitrogens is 1. The average Bonchev–Trinajstić information content (AvgIpc) is 2.46. The highest BCUT2D eigenvalue weighted by Crippen LogP contribution is 2.17. The smallest absolute Gasteiger partial charge is 0.0923 e. The SMILES string of the molecule is Cc1cccnc1CN(CCC(=N)N)c1ccccc1. The van der Waals surface area contributed by atoms with Gasteiger partial charge in [0.15, 0.2) is 0 Å². The Balaban J connectivity index is 2.18. The molecule has 0 bridgehead atoms. The zero-order chi connectivity index (χ0) is 14.4. The highest BCUT2D eigenvalue weighted by atomic mass is 15.1. The summed E-state index contributed by atoms with van der Waals surface area (Å²) >= 11 is 0. The Morgan fingerprint density at radius 1 is 1.20 bits per heavy atom. The topological polar surface area (TPSA) is 66.0 Å². The summed E-state index contributed by atoms with van der Waals surface area (Å²) in [6.07, 6.45) is 2.37. The largest absolute Gasteiger partial charge is 0.388 e. The van der Waals surface area contributed by atoms with Gasteiger partial charge in [0.05, 0.1) is 18.1 Å². The monoisotopic (exact) mass is 268 g/mol. The fraction of sp³-hybridized carbons (Fsp3) is 0.250. The average molecular weight is 268 g/mol. The van der Waals surface area contributed by atoms with Gasteiger partial charge in [-0.05, 0) is 30.7 Å². The number of nitrogens with one attached hydrogen (secondary N) is 1. The van der Waals surface area contributed by atoms with Crippen LogP contribution in [-0.4, -0.2) is 17.4 Å². The van der Waals surface area contributed by atoms with Gasteiger partial charge in [-0.1, -0.05) is 24.3 Å². The number of pyridine rings is 1. The molecule has 2 rings (SSSR count). The Kier molecular flexibility index (Phi) is 4.71. The predicted octanol–water partition coefficient (Wildman–Crippen LogP) is 2.72. The molecule has 0 saturated heterocycles. The van der Waals surface area contributed by atoms with Crippen LogP contribution in [0.4, 0.5) is 5.69 Å². The van der Waals surface area contributed by atoms with Crippen molar-refractivity contribution in [1.29, 1.82) is 5.41 Å². The van der Waals surface area contributed by atoms with Crippen LogP contribution in [0.5, 0.6) is 0 Å². The van der Waals surface area contributed by atoms with E-state index in [9.17, 15) is 0 Å². The van der Waals surface area contributed by atoms with Crippen LogP contribution in [0, 0.1) is 12.3 Å². The third-order valence-corrected chi connectivity index (χ3v) is 3.23. The van der Waals surface area contributed by atoms with Crippen LogP contribution in [0.1, 0.15) is 17.7 Å². The van der Waals surface area contributed by atoms with Gasteiger partial charge < -0.3 is 10.6 Å². The van der Waals surface area contributed by atoms with E-state index in [0.29, 0.717) is 6.42 Å². The third kappa shape index (κ3) is 3.82. The second-order valence-corrected chi connectivity index (χ2v) is 4.80. The van der Waals surface area contributed by atoms with Gasteiger partial charge >= 0.3 is 0 Å². The first-order valence-electron chi connectivity index (χ1n) is 6.70. The van der Waals surface area contributed by atoms with Crippen molar-refractivity contribution >= 4 is 11.5 Å². The van der Waals surface area contributed by atoms with E-state index >= 15 is 0 Å². The van der Waals surface area contributed by atoms with E-state index < -0.39 is 0 Å². The second-order valence-electron chi connectivity index (χ2n) is 4.80. The van der Waals surface area contributed by atoms with Gasteiger partial charge in [0.25, 0.3) is 0 Å². The molecule has 0 radical (unpaired) electrons. The summed E-state index contributed by atoms with van der Waals surface area (Å²) in [5.74, 6) is 0.212. The molecule has 4 nitrogen and oxygen atoms in total. The first-order chi connectivity index (χ1) is 9.66. The summed E-state index contributed by atoms with van der Waals surface area (Å²) in [7, 11) is 0. The van der Waals surface area contributed by atoms with Crippen LogP contribution < -0.4 is 10.6 Å². The maximum atomic E-state index is 7.41. The van der Waals surface area contributed by atoms with E-state index in [1.165, 1.54) is 5.56 Å². The summed E-state index contributed by atoms with van der Waals surface area (Å²) in [4.78, 5) is 6.65. The van der Waals surface area contributed by atoms with Crippen molar-refractivity contribution in [3.63, 3.8) is 0 Å². The molecule has 1 aromatic heterocycles. The Morgan fingerprint density at radius 2 is 1.95 bits per heavy atom. The lowest BCUT2D eigenvalue weighted by atomic mass is 10.2. The van der Waals surface area contributed by atoms with Gasteiger partial charge in [0.2, 0.25) is 0 Å². The van der Waals surface area contributed by atoms with Crippen LogP contribution in [-0.2, 0) is 6.54 Å². The van der Waals surface area contributed by atoms with Crippen LogP contribution in [0.2, 0.25) is 0 Å². The van der Waals surface area contributed by atoms with E-state index in [-0.39, 0.29) is 5.84 Å². The molecule has 0 amide bonds. The van der Waals surface area contributed by atoms with E-state index in [4.69, 9.17) is 11.1 Å². The van der Waals surface area contributed by atoms with E-state index in [1.54, 1.807) is 0 Å². The fourth-order valence-corrected chi connectivity index (χ4v) is 2.06. The number of rotatable bonds is 6. The number of hydrogen-bond acceptors (Lipinski definition) is 3. The molecule has 1 heterocycles. The number of hydrogen-bond donors (Lipinski definition) is 2. The summed E-state index contributed by atoms with van der Waals surface area (Å²) in [6, 6.07) is 14.2. The lowest BCUT2D eigenvalue weighted by Crippen LogP contribution is -2.28. The zero-order valence-corrected chi connectivity index (χ0v) is 11.7. The molecule has 3 N–H and O–H groups in total.